The Kier molecular flexibility index (Phi) is 3.08. The first-order valence-corrected chi connectivity index (χ1v) is 5.03. The summed E-state index contributed by atoms with van der Waals surface area (Å²) in [4.78, 5) is 4.03. The lowest BCUT2D eigenvalue weighted by atomic mass is 10.0. The Morgan fingerprint density at radius 3 is 2.00 bits per heavy atom. The fourth-order valence-electron chi connectivity index (χ4n) is 1.31. The van der Waals surface area contributed by atoms with Crippen LogP contribution in [0.3, 0.4) is 0 Å². The van der Waals surface area contributed by atoms with Gasteiger partial charge in [0.15, 0.2) is 0 Å². The van der Waals surface area contributed by atoms with E-state index in [9.17, 15) is 13.2 Å². The summed E-state index contributed by atoms with van der Waals surface area (Å²) in [5.74, 6) is 0. The summed E-state index contributed by atoms with van der Waals surface area (Å²) in [5.41, 5.74) is 0.318. The molecule has 0 atom stereocenters. The summed E-state index contributed by atoms with van der Waals surface area (Å²) in [6, 6.07) is 0. The van der Waals surface area contributed by atoms with Gasteiger partial charge in [-0.3, -0.25) is 0 Å². The van der Waals surface area contributed by atoms with Crippen molar-refractivity contribution in [2.75, 3.05) is 0 Å². The normalized spacial score (nSPS) is 11.9. The molecule has 0 aliphatic heterocycles. The predicted molar refractivity (Wildman–Crippen MR) is 56.2 cm³/mol. The van der Waals surface area contributed by atoms with Gasteiger partial charge in [0.05, 0.1) is 5.56 Å². The third-order valence-electron chi connectivity index (χ3n) is 2.15. The highest BCUT2D eigenvalue weighted by Gasteiger charge is 2.35. The lowest BCUT2D eigenvalue weighted by molar-refractivity contribution is -0.138. The molecular formula is C9H9F3IN. The second kappa shape index (κ2) is 3.67. The topological polar surface area (TPSA) is 12.9 Å². The molecule has 0 amide bonds. The van der Waals surface area contributed by atoms with Crippen molar-refractivity contribution >= 4 is 22.6 Å². The molecule has 1 aromatic heterocycles. The van der Waals surface area contributed by atoms with Crippen LogP contribution in [0.1, 0.15) is 22.4 Å². The average Bonchev–Trinajstić information content (AvgIpc) is 1.98. The van der Waals surface area contributed by atoms with Crippen molar-refractivity contribution < 1.29 is 13.2 Å². The lowest BCUT2D eigenvalue weighted by Crippen LogP contribution is -2.13. The Labute approximate surface area is 93.9 Å². The second-order valence-corrected chi connectivity index (χ2v) is 4.13. The number of rotatable bonds is 0. The molecule has 0 radical (unpaired) electrons. The Hall–Kier alpha value is -0.330. The third kappa shape index (κ3) is 2.02. The number of aryl methyl sites for hydroxylation is 1. The highest BCUT2D eigenvalue weighted by Crippen LogP contribution is 2.36. The Morgan fingerprint density at radius 1 is 1.07 bits per heavy atom. The number of alkyl halides is 3. The maximum absolute atomic E-state index is 12.6. The minimum Gasteiger partial charge on any atom is -0.247 e. The zero-order chi connectivity index (χ0) is 11.1. The highest BCUT2D eigenvalue weighted by atomic mass is 127. The van der Waals surface area contributed by atoms with E-state index in [1.54, 1.807) is 6.92 Å². The molecule has 5 heteroatoms. The van der Waals surface area contributed by atoms with Gasteiger partial charge < -0.3 is 0 Å². The van der Waals surface area contributed by atoms with Crippen molar-refractivity contribution in [1.29, 1.82) is 0 Å². The van der Waals surface area contributed by atoms with Crippen molar-refractivity contribution in [2.24, 2.45) is 0 Å². The Balaban J connectivity index is 3.56. The quantitative estimate of drug-likeness (QED) is 0.526. The highest BCUT2D eigenvalue weighted by molar-refractivity contribution is 14.1. The van der Waals surface area contributed by atoms with Crippen LogP contribution in [-0.2, 0) is 6.18 Å². The molecule has 1 nitrogen and oxygen atoms in total. The standard InChI is InChI=1S/C9H9F3IN/c1-4-6(3)14-8(13)5(2)7(4)9(10,11)12/h1-3H3. The molecule has 0 saturated heterocycles. The van der Waals surface area contributed by atoms with Crippen molar-refractivity contribution in [2.45, 2.75) is 26.9 Å². The molecular weight excluding hydrogens is 306 g/mol. The molecule has 0 aliphatic rings. The van der Waals surface area contributed by atoms with Crippen LogP contribution in [0.5, 0.6) is 0 Å². The van der Waals surface area contributed by atoms with Crippen molar-refractivity contribution in [3.05, 3.63) is 26.1 Å². The van der Waals surface area contributed by atoms with E-state index in [1.165, 1.54) is 13.8 Å². The lowest BCUT2D eigenvalue weighted by Gasteiger charge is -2.15. The van der Waals surface area contributed by atoms with Gasteiger partial charge in [-0.25, -0.2) is 4.98 Å². The summed E-state index contributed by atoms with van der Waals surface area (Å²) < 4.78 is 38.3. The van der Waals surface area contributed by atoms with Gasteiger partial charge in [0.25, 0.3) is 0 Å². The Bertz CT molecular complexity index is 345. The molecule has 0 N–H and O–H groups in total. The second-order valence-electron chi connectivity index (χ2n) is 3.11. The van der Waals surface area contributed by atoms with Crippen molar-refractivity contribution in [3.8, 4) is 0 Å². The number of nitrogens with zero attached hydrogens (tertiary/aromatic N) is 1. The number of aromatic nitrogens is 1. The molecule has 1 heterocycles. The SMILES string of the molecule is Cc1nc(I)c(C)c(C(F)(F)F)c1C. The molecule has 0 unspecified atom stereocenters. The van der Waals surface area contributed by atoms with E-state index in [1.807, 2.05) is 22.6 Å². The first-order chi connectivity index (χ1) is 6.25. The number of halogens is 4. The third-order valence-corrected chi connectivity index (χ3v) is 3.20. The molecule has 0 saturated carbocycles. The fraction of sp³-hybridized carbons (Fsp3) is 0.444. The van der Waals surface area contributed by atoms with Gasteiger partial charge in [0, 0.05) is 5.69 Å². The maximum Gasteiger partial charge on any atom is 0.417 e. The van der Waals surface area contributed by atoms with Crippen LogP contribution in [0.25, 0.3) is 0 Å². The largest absolute Gasteiger partial charge is 0.417 e. The number of pyridine rings is 1. The summed E-state index contributed by atoms with van der Waals surface area (Å²) in [7, 11) is 0. The summed E-state index contributed by atoms with van der Waals surface area (Å²) in [5, 5.41) is 0. The molecule has 78 valence electrons. The van der Waals surface area contributed by atoms with Crippen molar-refractivity contribution in [3.63, 3.8) is 0 Å². The van der Waals surface area contributed by atoms with E-state index in [2.05, 4.69) is 4.98 Å². The molecule has 0 spiro atoms. The van der Waals surface area contributed by atoms with Crippen LogP contribution >= 0.6 is 22.6 Å². The summed E-state index contributed by atoms with van der Waals surface area (Å²) in [6.45, 7) is 4.49. The van der Waals surface area contributed by atoms with E-state index in [0.29, 0.717) is 9.39 Å². The number of hydrogen-bond acceptors (Lipinski definition) is 1. The van der Waals surface area contributed by atoms with Crippen LogP contribution in [0, 0.1) is 24.5 Å². The van der Waals surface area contributed by atoms with E-state index in [-0.39, 0.29) is 11.1 Å². The summed E-state index contributed by atoms with van der Waals surface area (Å²) >= 11 is 1.82. The minimum atomic E-state index is -4.29. The van der Waals surface area contributed by atoms with E-state index in [0.717, 1.165) is 0 Å². The van der Waals surface area contributed by atoms with Gasteiger partial charge in [-0.05, 0) is 54.5 Å². The molecule has 1 aromatic rings. The zero-order valence-corrected chi connectivity index (χ0v) is 10.1. The Morgan fingerprint density at radius 2 is 1.57 bits per heavy atom. The van der Waals surface area contributed by atoms with E-state index < -0.39 is 11.7 Å². The van der Waals surface area contributed by atoms with Crippen LogP contribution < -0.4 is 0 Å². The van der Waals surface area contributed by atoms with Crippen LogP contribution in [0.4, 0.5) is 13.2 Å². The molecule has 0 fully saturated rings. The first-order valence-electron chi connectivity index (χ1n) is 3.95. The van der Waals surface area contributed by atoms with E-state index >= 15 is 0 Å². The van der Waals surface area contributed by atoms with Crippen LogP contribution in [-0.4, -0.2) is 4.98 Å². The van der Waals surface area contributed by atoms with Gasteiger partial charge in [0.2, 0.25) is 0 Å². The van der Waals surface area contributed by atoms with Gasteiger partial charge in [0.1, 0.15) is 3.70 Å². The van der Waals surface area contributed by atoms with Gasteiger partial charge >= 0.3 is 6.18 Å². The zero-order valence-electron chi connectivity index (χ0n) is 7.96. The predicted octanol–water partition coefficient (Wildman–Crippen LogP) is 3.63. The minimum absolute atomic E-state index is 0.209. The maximum atomic E-state index is 12.6. The van der Waals surface area contributed by atoms with Crippen LogP contribution in [0.15, 0.2) is 0 Å². The molecule has 0 aliphatic carbocycles. The molecule has 0 bridgehead atoms. The smallest absolute Gasteiger partial charge is 0.247 e. The van der Waals surface area contributed by atoms with Gasteiger partial charge in [-0.15, -0.1) is 0 Å². The molecule has 1 rings (SSSR count). The van der Waals surface area contributed by atoms with Crippen molar-refractivity contribution in [1.82, 2.24) is 4.98 Å². The van der Waals surface area contributed by atoms with Gasteiger partial charge in [-0.1, -0.05) is 0 Å². The van der Waals surface area contributed by atoms with E-state index in [4.69, 9.17) is 0 Å². The number of hydrogen-bond donors (Lipinski definition) is 0. The molecule has 14 heavy (non-hydrogen) atoms. The summed E-state index contributed by atoms with van der Waals surface area (Å²) in [6.07, 6.45) is -4.29. The fourth-order valence-corrected chi connectivity index (χ4v) is 1.94. The van der Waals surface area contributed by atoms with Gasteiger partial charge in [-0.2, -0.15) is 13.2 Å². The molecule has 0 aromatic carbocycles. The monoisotopic (exact) mass is 315 g/mol. The van der Waals surface area contributed by atoms with Crippen LogP contribution in [0.2, 0.25) is 0 Å². The average molecular weight is 315 g/mol. The first kappa shape index (κ1) is 11.7.